The number of amides is 1. The zero-order valence-corrected chi connectivity index (χ0v) is 15.5. The average molecular weight is 357 g/mol. The second kappa shape index (κ2) is 11.0. The van der Waals surface area contributed by atoms with Crippen molar-refractivity contribution in [2.24, 2.45) is 0 Å². The van der Waals surface area contributed by atoms with Crippen molar-refractivity contribution in [1.82, 2.24) is 5.32 Å². The number of nitrogens with one attached hydrogen (secondary N) is 1. The quantitative estimate of drug-likeness (QED) is 0.624. The molecule has 26 heavy (non-hydrogen) atoms. The van der Waals surface area contributed by atoms with Crippen molar-refractivity contribution in [1.29, 1.82) is 0 Å². The second-order valence-corrected chi connectivity index (χ2v) is 5.80. The van der Waals surface area contributed by atoms with Gasteiger partial charge in [0.15, 0.2) is 0 Å². The number of ether oxygens (including phenoxy) is 3. The molecular weight excluding hydrogens is 330 g/mol. The zero-order valence-electron chi connectivity index (χ0n) is 15.5. The average Bonchev–Trinajstić information content (AvgIpc) is 2.67. The minimum atomic E-state index is 0.0498. The fourth-order valence-electron chi connectivity index (χ4n) is 2.45. The first kappa shape index (κ1) is 19.6. The largest absolute Gasteiger partial charge is 0.497 e. The van der Waals surface area contributed by atoms with Gasteiger partial charge in [-0.05, 0) is 61.7 Å². The molecule has 2 aromatic rings. The van der Waals surface area contributed by atoms with Gasteiger partial charge in [-0.2, -0.15) is 0 Å². The molecule has 0 bridgehead atoms. The first-order chi connectivity index (χ1) is 12.7. The molecule has 0 aromatic heterocycles. The number of hydrogen-bond donors (Lipinski definition) is 1. The number of methoxy groups -OCH3 is 1. The van der Waals surface area contributed by atoms with Crippen molar-refractivity contribution < 1.29 is 19.0 Å². The normalized spacial score (nSPS) is 10.2. The van der Waals surface area contributed by atoms with E-state index in [4.69, 9.17) is 14.2 Å². The van der Waals surface area contributed by atoms with Crippen molar-refractivity contribution in [3.63, 3.8) is 0 Å². The third-order valence-electron chi connectivity index (χ3n) is 3.85. The molecule has 0 fully saturated rings. The smallest absolute Gasteiger partial charge is 0.220 e. The van der Waals surface area contributed by atoms with E-state index < -0.39 is 0 Å². The SMILES string of the molecule is CCOc1ccc(OCCCC(=O)NCCc2ccc(OC)cc2)cc1. The molecule has 0 aliphatic rings. The van der Waals surface area contributed by atoms with Crippen LogP contribution in [0.25, 0.3) is 0 Å². The number of carbonyl (C=O) groups is 1. The van der Waals surface area contributed by atoms with Crippen molar-refractivity contribution >= 4 is 5.91 Å². The molecule has 0 aliphatic heterocycles. The predicted molar refractivity (Wildman–Crippen MR) is 102 cm³/mol. The fraction of sp³-hybridized carbons (Fsp3) is 0.381. The van der Waals surface area contributed by atoms with Gasteiger partial charge in [0.25, 0.3) is 0 Å². The second-order valence-electron chi connectivity index (χ2n) is 5.80. The van der Waals surface area contributed by atoms with E-state index in [0.29, 0.717) is 32.6 Å². The van der Waals surface area contributed by atoms with Crippen molar-refractivity contribution in [3.8, 4) is 17.2 Å². The lowest BCUT2D eigenvalue weighted by Gasteiger charge is -2.08. The van der Waals surface area contributed by atoms with Crippen LogP contribution >= 0.6 is 0 Å². The van der Waals surface area contributed by atoms with Crippen LogP contribution in [0.1, 0.15) is 25.3 Å². The van der Waals surface area contributed by atoms with E-state index >= 15 is 0 Å². The van der Waals surface area contributed by atoms with Crippen LogP contribution in [-0.2, 0) is 11.2 Å². The predicted octanol–water partition coefficient (Wildman–Crippen LogP) is 3.61. The van der Waals surface area contributed by atoms with E-state index in [1.54, 1.807) is 7.11 Å². The third kappa shape index (κ3) is 7.05. The van der Waals surface area contributed by atoms with Crippen LogP contribution in [0.15, 0.2) is 48.5 Å². The van der Waals surface area contributed by atoms with Gasteiger partial charge < -0.3 is 19.5 Å². The highest BCUT2D eigenvalue weighted by Gasteiger charge is 2.02. The molecule has 140 valence electrons. The van der Waals surface area contributed by atoms with Gasteiger partial charge in [0.1, 0.15) is 17.2 Å². The lowest BCUT2D eigenvalue weighted by atomic mass is 10.1. The van der Waals surface area contributed by atoms with Gasteiger partial charge in [-0.1, -0.05) is 12.1 Å². The van der Waals surface area contributed by atoms with Crippen molar-refractivity contribution in [2.75, 3.05) is 26.9 Å². The maximum atomic E-state index is 11.9. The van der Waals surface area contributed by atoms with E-state index in [1.165, 1.54) is 5.56 Å². The number of benzene rings is 2. The first-order valence-corrected chi connectivity index (χ1v) is 8.96. The highest BCUT2D eigenvalue weighted by atomic mass is 16.5. The first-order valence-electron chi connectivity index (χ1n) is 8.96. The summed E-state index contributed by atoms with van der Waals surface area (Å²) in [5, 5.41) is 2.94. The molecule has 0 aliphatic carbocycles. The monoisotopic (exact) mass is 357 g/mol. The van der Waals surface area contributed by atoms with Gasteiger partial charge in [0.05, 0.1) is 20.3 Å². The van der Waals surface area contributed by atoms with E-state index in [-0.39, 0.29) is 5.91 Å². The molecule has 0 heterocycles. The molecule has 2 rings (SSSR count). The van der Waals surface area contributed by atoms with Crippen LogP contribution in [0.4, 0.5) is 0 Å². The molecule has 1 N–H and O–H groups in total. The fourth-order valence-corrected chi connectivity index (χ4v) is 2.45. The molecule has 0 spiro atoms. The summed E-state index contributed by atoms with van der Waals surface area (Å²) in [6, 6.07) is 15.4. The van der Waals surface area contributed by atoms with Gasteiger partial charge in [0.2, 0.25) is 5.91 Å². The summed E-state index contributed by atoms with van der Waals surface area (Å²) < 4.78 is 16.1. The maximum Gasteiger partial charge on any atom is 0.220 e. The minimum Gasteiger partial charge on any atom is -0.497 e. The highest BCUT2D eigenvalue weighted by molar-refractivity contribution is 5.75. The van der Waals surface area contributed by atoms with Crippen molar-refractivity contribution in [3.05, 3.63) is 54.1 Å². The molecule has 0 saturated carbocycles. The van der Waals surface area contributed by atoms with Gasteiger partial charge >= 0.3 is 0 Å². The summed E-state index contributed by atoms with van der Waals surface area (Å²) in [6.07, 6.45) is 1.94. The summed E-state index contributed by atoms with van der Waals surface area (Å²) in [5.74, 6) is 2.50. The number of hydrogen-bond acceptors (Lipinski definition) is 4. The maximum absolute atomic E-state index is 11.9. The summed E-state index contributed by atoms with van der Waals surface area (Å²) in [4.78, 5) is 11.9. The van der Waals surface area contributed by atoms with Crippen LogP contribution in [0, 0.1) is 0 Å². The van der Waals surface area contributed by atoms with Gasteiger partial charge in [0, 0.05) is 13.0 Å². The van der Waals surface area contributed by atoms with E-state index in [0.717, 1.165) is 23.7 Å². The number of carbonyl (C=O) groups excluding carboxylic acids is 1. The number of rotatable bonds is 11. The van der Waals surface area contributed by atoms with E-state index in [9.17, 15) is 4.79 Å². The Bertz CT molecular complexity index is 653. The summed E-state index contributed by atoms with van der Waals surface area (Å²) in [7, 11) is 1.65. The zero-order chi connectivity index (χ0) is 18.6. The molecule has 0 unspecified atom stereocenters. The molecule has 5 heteroatoms. The van der Waals surface area contributed by atoms with Crippen LogP contribution < -0.4 is 19.5 Å². The Morgan fingerprint density at radius 2 is 1.54 bits per heavy atom. The van der Waals surface area contributed by atoms with Gasteiger partial charge in [-0.25, -0.2) is 0 Å². The lowest BCUT2D eigenvalue weighted by molar-refractivity contribution is -0.121. The van der Waals surface area contributed by atoms with E-state index in [1.807, 2.05) is 55.5 Å². The van der Waals surface area contributed by atoms with Crippen LogP contribution in [0.5, 0.6) is 17.2 Å². The van der Waals surface area contributed by atoms with Gasteiger partial charge in [-0.15, -0.1) is 0 Å². The Labute approximate surface area is 155 Å². The Hall–Kier alpha value is -2.69. The summed E-state index contributed by atoms with van der Waals surface area (Å²) in [5.41, 5.74) is 1.17. The topological polar surface area (TPSA) is 56.8 Å². The Kier molecular flexibility index (Phi) is 8.33. The molecule has 5 nitrogen and oxygen atoms in total. The van der Waals surface area contributed by atoms with Crippen LogP contribution in [0.3, 0.4) is 0 Å². The molecular formula is C21H27NO4. The highest BCUT2D eigenvalue weighted by Crippen LogP contribution is 2.17. The van der Waals surface area contributed by atoms with Gasteiger partial charge in [-0.3, -0.25) is 4.79 Å². The molecule has 0 saturated heterocycles. The molecule has 2 aromatic carbocycles. The molecule has 0 radical (unpaired) electrons. The Morgan fingerprint density at radius 3 is 2.15 bits per heavy atom. The van der Waals surface area contributed by atoms with E-state index in [2.05, 4.69) is 5.32 Å². The minimum absolute atomic E-state index is 0.0498. The molecule has 0 atom stereocenters. The van der Waals surface area contributed by atoms with Crippen molar-refractivity contribution in [2.45, 2.75) is 26.2 Å². The third-order valence-corrected chi connectivity index (χ3v) is 3.85. The summed E-state index contributed by atoms with van der Waals surface area (Å²) in [6.45, 7) is 3.74. The Balaban J connectivity index is 1.56. The summed E-state index contributed by atoms with van der Waals surface area (Å²) >= 11 is 0. The van der Waals surface area contributed by atoms with Crippen LogP contribution in [0.2, 0.25) is 0 Å². The standard InChI is InChI=1S/C21H27NO4/c1-3-25-19-10-12-20(13-11-19)26-16-4-5-21(23)22-15-14-17-6-8-18(24-2)9-7-17/h6-13H,3-5,14-16H2,1-2H3,(H,22,23). The molecule has 1 amide bonds. The Morgan fingerprint density at radius 1 is 0.923 bits per heavy atom. The lowest BCUT2D eigenvalue weighted by Crippen LogP contribution is -2.25. The van der Waals surface area contributed by atoms with Crippen LogP contribution in [-0.4, -0.2) is 32.8 Å².